The number of para-hydroxylation sites is 1. The number of benzene rings is 1. The van der Waals surface area contributed by atoms with Crippen molar-refractivity contribution in [2.75, 3.05) is 18.5 Å². The normalized spacial score (nSPS) is 19.6. The zero-order valence-electron chi connectivity index (χ0n) is 10.5. The lowest BCUT2D eigenvalue weighted by atomic mass is 10.0. The molecule has 0 radical (unpaired) electrons. The number of hydrogen-bond donors (Lipinski definition) is 2. The highest BCUT2D eigenvalue weighted by Gasteiger charge is 2.23. The van der Waals surface area contributed by atoms with Crippen LogP contribution < -0.4 is 5.32 Å². The van der Waals surface area contributed by atoms with Crippen LogP contribution in [0.25, 0.3) is 0 Å². The number of aliphatic hydroxyl groups is 1. The van der Waals surface area contributed by atoms with Crippen molar-refractivity contribution in [2.24, 2.45) is 0 Å². The molecule has 1 saturated heterocycles. The minimum absolute atomic E-state index is 0.231. The molecule has 1 aromatic rings. The largest absolute Gasteiger partial charge is 0.396 e. The Hall–Kier alpha value is -1.13. The smallest absolute Gasteiger partial charge is 0.173 e. The molecule has 4 heteroatoms. The fourth-order valence-electron chi connectivity index (χ4n) is 2.43. The van der Waals surface area contributed by atoms with Crippen LogP contribution in [0.15, 0.2) is 30.3 Å². The summed E-state index contributed by atoms with van der Waals surface area (Å²) in [4.78, 5) is 2.22. The molecule has 1 aliphatic heterocycles. The van der Waals surface area contributed by atoms with Gasteiger partial charge >= 0.3 is 0 Å². The summed E-state index contributed by atoms with van der Waals surface area (Å²) in [6.07, 6.45) is 4.33. The van der Waals surface area contributed by atoms with Gasteiger partial charge in [0, 0.05) is 24.9 Å². The number of thiocarbonyl (C=S) groups is 1. The summed E-state index contributed by atoms with van der Waals surface area (Å²) in [6.45, 7) is 1.22. The van der Waals surface area contributed by atoms with Crippen LogP contribution >= 0.6 is 12.2 Å². The first kappa shape index (κ1) is 13.3. The first-order valence-corrected chi connectivity index (χ1v) is 6.95. The molecule has 98 valence electrons. The second kappa shape index (κ2) is 6.71. The molecule has 1 fully saturated rings. The Labute approximate surface area is 114 Å². The Kier molecular flexibility index (Phi) is 4.96. The third kappa shape index (κ3) is 3.43. The van der Waals surface area contributed by atoms with E-state index in [1.54, 1.807) is 0 Å². The Morgan fingerprint density at radius 2 is 2.11 bits per heavy atom. The van der Waals surface area contributed by atoms with E-state index in [1.165, 1.54) is 12.8 Å². The van der Waals surface area contributed by atoms with Gasteiger partial charge < -0.3 is 15.3 Å². The van der Waals surface area contributed by atoms with E-state index in [-0.39, 0.29) is 6.61 Å². The van der Waals surface area contributed by atoms with Crippen LogP contribution in [-0.4, -0.2) is 34.3 Å². The van der Waals surface area contributed by atoms with Crippen molar-refractivity contribution in [3.8, 4) is 0 Å². The van der Waals surface area contributed by atoms with Crippen LogP contribution in [0, 0.1) is 0 Å². The van der Waals surface area contributed by atoms with Gasteiger partial charge in [-0.1, -0.05) is 18.2 Å². The molecule has 1 atom stereocenters. The van der Waals surface area contributed by atoms with Gasteiger partial charge in [0.2, 0.25) is 0 Å². The number of aliphatic hydroxyl groups excluding tert-OH is 1. The van der Waals surface area contributed by atoms with Gasteiger partial charge in [-0.05, 0) is 50.0 Å². The molecule has 0 aliphatic carbocycles. The number of nitrogens with one attached hydrogen (secondary N) is 1. The standard InChI is InChI=1S/C14H20N2OS/c17-11-9-13-8-4-5-10-16(13)14(18)15-12-6-2-1-3-7-12/h1-3,6-7,13,17H,4-5,8-11H2,(H,15,18). The molecule has 2 N–H and O–H groups in total. The topological polar surface area (TPSA) is 35.5 Å². The van der Waals surface area contributed by atoms with E-state index in [2.05, 4.69) is 10.2 Å². The third-order valence-electron chi connectivity index (χ3n) is 3.38. The van der Waals surface area contributed by atoms with Crippen LogP contribution in [0.2, 0.25) is 0 Å². The average Bonchev–Trinajstić information content (AvgIpc) is 2.41. The maximum absolute atomic E-state index is 9.12. The van der Waals surface area contributed by atoms with Crippen molar-refractivity contribution in [1.29, 1.82) is 0 Å². The fourth-order valence-corrected chi connectivity index (χ4v) is 2.79. The van der Waals surface area contributed by atoms with E-state index < -0.39 is 0 Å². The number of nitrogens with zero attached hydrogens (tertiary/aromatic N) is 1. The highest BCUT2D eigenvalue weighted by molar-refractivity contribution is 7.80. The second-order valence-electron chi connectivity index (χ2n) is 4.65. The van der Waals surface area contributed by atoms with E-state index in [1.807, 2.05) is 30.3 Å². The van der Waals surface area contributed by atoms with Gasteiger partial charge in [-0.25, -0.2) is 0 Å². The second-order valence-corrected chi connectivity index (χ2v) is 5.04. The molecule has 0 aromatic heterocycles. The highest BCUT2D eigenvalue weighted by Crippen LogP contribution is 2.20. The Bertz CT molecular complexity index is 381. The number of likely N-dealkylation sites (tertiary alicyclic amines) is 1. The highest BCUT2D eigenvalue weighted by atomic mass is 32.1. The van der Waals surface area contributed by atoms with Crippen LogP contribution in [0.4, 0.5) is 5.69 Å². The SMILES string of the molecule is OCCC1CCCCN1C(=S)Nc1ccccc1. The van der Waals surface area contributed by atoms with Gasteiger partial charge in [-0.15, -0.1) is 0 Å². The van der Waals surface area contributed by atoms with E-state index in [9.17, 15) is 0 Å². The third-order valence-corrected chi connectivity index (χ3v) is 3.71. The van der Waals surface area contributed by atoms with Gasteiger partial charge in [0.05, 0.1) is 0 Å². The molecule has 1 unspecified atom stereocenters. The molecule has 0 spiro atoms. The molecular weight excluding hydrogens is 244 g/mol. The van der Waals surface area contributed by atoms with Gasteiger partial charge in [-0.3, -0.25) is 0 Å². The fraction of sp³-hybridized carbons (Fsp3) is 0.500. The van der Waals surface area contributed by atoms with E-state index in [0.717, 1.165) is 30.2 Å². The lowest BCUT2D eigenvalue weighted by Gasteiger charge is -2.37. The van der Waals surface area contributed by atoms with Crippen molar-refractivity contribution >= 4 is 23.0 Å². The van der Waals surface area contributed by atoms with Crippen LogP contribution in [0.3, 0.4) is 0 Å². The van der Waals surface area contributed by atoms with Crippen molar-refractivity contribution in [2.45, 2.75) is 31.7 Å². The molecule has 1 heterocycles. The average molecular weight is 264 g/mol. The Morgan fingerprint density at radius 1 is 1.33 bits per heavy atom. The molecule has 0 bridgehead atoms. The zero-order valence-corrected chi connectivity index (χ0v) is 11.3. The molecule has 0 amide bonds. The minimum Gasteiger partial charge on any atom is -0.396 e. The van der Waals surface area contributed by atoms with Crippen molar-refractivity contribution in [1.82, 2.24) is 4.90 Å². The number of hydrogen-bond acceptors (Lipinski definition) is 2. The van der Waals surface area contributed by atoms with E-state index in [4.69, 9.17) is 17.3 Å². The number of piperidine rings is 1. The molecule has 1 aliphatic rings. The first-order valence-electron chi connectivity index (χ1n) is 6.55. The summed E-state index contributed by atoms with van der Waals surface area (Å²) in [6, 6.07) is 10.4. The lowest BCUT2D eigenvalue weighted by molar-refractivity contribution is 0.186. The molecular formula is C14H20N2OS. The van der Waals surface area contributed by atoms with Crippen LogP contribution in [0.1, 0.15) is 25.7 Å². The summed E-state index contributed by atoms with van der Waals surface area (Å²) >= 11 is 5.48. The minimum atomic E-state index is 0.231. The maximum atomic E-state index is 9.12. The predicted molar refractivity (Wildman–Crippen MR) is 78.7 cm³/mol. The summed E-state index contributed by atoms with van der Waals surface area (Å²) in [5.41, 5.74) is 1.02. The molecule has 0 saturated carbocycles. The first-order chi connectivity index (χ1) is 8.81. The van der Waals surface area contributed by atoms with Gasteiger partial charge in [0.1, 0.15) is 0 Å². The van der Waals surface area contributed by atoms with E-state index >= 15 is 0 Å². The van der Waals surface area contributed by atoms with Crippen LogP contribution in [0.5, 0.6) is 0 Å². The molecule has 1 aromatic carbocycles. The Balaban J connectivity index is 1.98. The van der Waals surface area contributed by atoms with E-state index in [0.29, 0.717) is 6.04 Å². The van der Waals surface area contributed by atoms with Crippen LogP contribution in [-0.2, 0) is 0 Å². The lowest BCUT2D eigenvalue weighted by Crippen LogP contribution is -2.46. The number of rotatable bonds is 3. The monoisotopic (exact) mass is 264 g/mol. The maximum Gasteiger partial charge on any atom is 0.173 e. The summed E-state index contributed by atoms with van der Waals surface area (Å²) in [5.74, 6) is 0. The van der Waals surface area contributed by atoms with Crippen molar-refractivity contribution in [3.05, 3.63) is 30.3 Å². The predicted octanol–water partition coefficient (Wildman–Crippen LogP) is 2.62. The Morgan fingerprint density at radius 3 is 2.83 bits per heavy atom. The zero-order chi connectivity index (χ0) is 12.8. The van der Waals surface area contributed by atoms with Crippen molar-refractivity contribution < 1.29 is 5.11 Å². The molecule has 18 heavy (non-hydrogen) atoms. The van der Waals surface area contributed by atoms with Gasteiger partial charge in [0.25, 0.3) is 0 Å². The summed E-state index contributed by atoms with van der Waals surface area (Å²) < 4.78 is 0. The molecule has 3 nitrogen and oxygen atoms in total. The van der Waals surface area contributed by atoms with Gasteiger partial charge in [0.15, 0.2) is 5.11 Å². The number of anilines is 1. The summed E-state index contributed by atoms with van der Waals surface area (Å²) in [7, 11) is 0. The molecule has 2 rings (SSSR count). The van der Waals surface area contributed by atoms with Crippen molar-refractivity contribution in [3.63, 3.8) is 0 Å². The summed E-state index contributed by atoms with van der Waals surface area (Å²) in [5, 5.41) is 13.2. The quantitative estimate of drug-likeness (QED) is 0.823. The van der Waals surface area contributed by atoms with Gasteiger partial charge in [-0.2, -0.15) is 0 Å².